The molecule has 2 aliphatic heterocycles. The zero-order valence-electron chi connectivity index (χ0n) is 21.3. The maximum atomic E-state index is 11.8. The molecule has 3 heterocycles. The van der Waals surface area contributed by atoms with E-state index in [-0.39, 0.29) is 5.56 Å². The van der Waals surface area contributed by atoms with E-state index in [9.17, 15) is 9.90 Å². The molecule has 0 atom stereocenters. The fraction of sp³-hybridized carbons (Fsp3) is 0.207. The second-order valence-corrected chi connectivity index (χ2v) is 10.6. The van der Waals surface area contributed by atoms with Crippen LogP contribution in [0.25, 0.3) is 11.3 Å². The van der Waals surface area contributed by atoms with Crippen LogP contribution in [0.1, 0.15) is 15.9 Å². The first kappa shape index (κ1) is 24.3. The van der Waals surface area contributed by atoms with Crippen LogP contribution in [0.4, 0.5) is 28.7 Å². The van der Waals surface area contributed by atoms with Gasteiger partial charge in [-0.3, -0.25) is 4.31 Å². The molecular formula is C29H28N6O2S. The largest absolute Gasteiger partial charge is 0.478 e. The van der Waals surface area contributed by atoms with Gasteiger partial charge in [-0.2, -0.15) is 0 Å². The van der Waals surface area contributed by atoms with Crippen LogP contribution < -0.4 is 14.5 Å². The van der Waals surface area contributed by atoms with E-state index in [1.807, 2.05) is 41.7 Å². The number of anilines is 5. The van der Waals surface area contributed by atoms with E-state index in [1.165, 1.54) is 17.6 Å². The number of nitrogens with zero attached hydrogens (tertiary/aromatic N) is 5. The maximum Gasteiger partial charge on any atom is 0.335 e. The number of nitrogens with one attached hydrogen (secondary N) is 1. The van der Waals surface area contributed by atoms with Gasteiger partial charge < -0.3 is 20.2 Å². The van der Waals surface area contributed by atoms with E-state index >= 15 is 0 Å². The van der Waals surface area contributed by atoms with Crippen molar-refractivity contribution in [2.45, 2.75) is 11.8 Å². The summed E-state index contributed by atoms with van der Waals surface area (Å²) in [5.74, 6) is -0.466. The van der Waals surface area contributed by atoms with Crippen molar-refractivity contribution in [3.8, 4) is 11.3 Å². The molecule has 192 valence electrons. The van der Waals surface area contributed by atoms with Gasteiger partial charge in [-0.25, -0.2) is 14.8 Å². The maximum absolute atomic E-state index is 11.8. The van der Waals surface area contributed by atoms with Crippen LogP contribution in [0.2, 0.25) is 0 Å². The molecule has 38 heavy (non-hydrogen) atoms. The van der Waals surface area contributed by atoms with Crippen LogP contribution in [0.5, 0.6) is 0 Å². The van der Waals surface area contributed by atoms with Crippen LogP contribution in [0.15, 0.2) is 77.8 Å². The highest BCUT2D eigenvalue weighted by atomic mass is 32.2. The Hall–Kier alpha value is -4.08. The number of carbonyl (C=O) groups is 1. The van der Waals surface area contributed by atoms with Crippen molar-refractivity contribution in [1.82, 2.24) is 14.9 Å². The fourth-order valence-corrected chi connectivity index (χ4v) is 5.77. The Labute approximate surface area is 226 Å². The number of carboxylic acid groups (broad SMARTS) is 1. The Morgan fingerprint density at radius 3 is 2.50 bits per heavy atom. The standard InChI is InChI=1S/C29H28N6O2S/c1-19-4-3-5-23(16-19)35-25-17-20(28(36)37)6-11-24(25)27-26(38-35)18-30-29(32-27)31-21-7-9-22(10-8-21)34-14-12-33(2)13-15-34/h3-11,16-18H,12-15H2,1-2H3,(H,36,37)(H,30,31,32). The summed E-state index contributed by atoms with van der Waals surface area (Å²) in [7, 11) is 2.16. The highest BCUT2D eigenvalue weighted by Crippen LogP contribution is 2.49. The van der Waals surface area contributed by atoms with Gasteiger partial charge in [0.15, 0.2) is 0 Å². The molecule has 1 saturated heterocycles. The second-order valence-electron chi connectivity index (χ2n) is 9.63. The molecule has 0 spiro atoms. The first-order valence-electron chi connectivity index (χ1n) is 12.5. The van der Waals surface area contributed by atoms with Crippen molar-refractivity contribution < 1.29 is 9.90 Å². The number of piperazine rings is 1. The summed E-state index contributed by atoms with van der Waals surface area (Å²) < 4.78 is 2.05. The molecule has 1 aromatic heterocycles. The van der Waals surface area contributed by atoms with E-state index in [1.54, 1.807) is 12.1 Å². The monoisotopic (exact) mass is 524 g/mol. The molecule has 0 unspecified atom stereocenters. The number of aromatic carboxylic acids is 1. The van der Waals surface area contributed by atoms with E-state index in [0.717, 1.165) is 65.0 Å². The molecule has 2 N–H and O–H groups in total. The van der Waals surface area contributed by atoms with Crippen molar-refractivity contribution >= 4 is 46.6 Å². The van der Waals surface area contributed by atoms with E-state index < -0.39 is 5.97 Å². The molecule has 8 nitrogen and oxygen atoms in total. The molecular weight excluding hydrogens is 496 g/mol. The molecule has 0 saturated carbocycles. The van der Waals surface area contributed by atoms with Crippen LogP contribution in [0, 0.1) is 6.92 Å². The molecule has 0 aliphatic carbocycles. The Bertz CT molecular complexity index is 1500. The summed E-state index contributed by atoms with van der Waals surface area (Å²) in [6, 6.07) is 21.7. The third-order valence-corrected chi connectivity index (χ3v) is 7.98. The molecule has 3 aromatic carbocycles. The van der Waals surface area contributed by atoms with Crippen molar-refractivity contribution in [3.63, 3.8) is 0 Å². The lowest BCUT2D eigenvalue weighted by molar-refractivity contribution is 0.0697. The number of likely N-dealkylation sites (N-methyl/N-ethyl adjacent to an activating group) is 1. The summed E-state index contributed by atoms with van der Waals surface area (Å²) >= 11 is 1.49. The molecule has 0 amide bonds. The van der Waals surface area contributed by atoms with Crippen molar-refractivity contribution in [1.29, 1.82) is 0 Å². The number of benzene rings is 3. The molecule has 2 aliphatic rings. The molecule has 0 bridgehead atoms. The summed E-state index contributed by atoms with van der Waals surface area (Å²) in [5.41, 5.74) is 6.87. The van der Waals surface area contributed by atoms with Crippen molar-refractivity contribution in [3.05, 3.63) is 84.1 Å². The van der Waals surface area contributed by atoms with Crippen LogP contribution in [0.3, 0.4) is 0 Å². The number of fused-ring (bicyclic) bond motifs is 3. The number of hydrogen-bond donors (Lipinski definition) is 2. The molecule has 6 rings (SSSR count). The smallest absolute Gasteiger partial charge is 0.335 e. The van der Waals surface area contributed by atoms with Crippen LogP contribution >= 0.6 is 11.9 Å². The summed E-state index contributed by atoms with van der Waals surface area (Å²) in [4.78, 5) is 26.9. The minimum Gasteiger partial charge on any atom is -0.478 e. The average Bonchev–Trinajstić information content (AvgIpc) is 2.93. The van der Waals surface area contributed by atoms with Gasteiger partial charge >= 0.3 is 5.97 Å². The predicted molar refractivity (Wildman–Crippen MR) is 153 cm³/mol. The second kappa shape index (κ2) is 10.00. The normalized spacial score (nSPS) is 15.1. The third-order valence-electron chi connectivity index (χ3n) is 6.89. The highest BCUT2D eigenvalue weighted by molar-refractivity contribution is 8.01. The molecule has 0 radical (unpaired) electrons. The van der Waals surface area contributed by atoms with Gasteiger partial charge in [0.2, 0.25) is 5.95 Å². The van der Waals surface area contributed by atoms with Gasteiger partial charge in [-0.05, 0) is 86.1 Å². The molecule has 4 aromatic rings. The number of aromatic nitrogens is 2. The van der Waals surface area contributed by atoms with E-state index in [2.05, 4.69) is 57.5 Å². The average molecular weight is 525 g/mol. The molecule has 9 heteroatoms. The lowest BCUT2D eigenvalue weighted by Crippen LogP contribution is -2.44. The Balaban J connectivity index is 1.30. The number of aryl methyl sites for hydroxylation is 1. The van der Waals surface area contributed by atoms with Crippen molar-refractivity contribution in [2.24, 2.45) is 0 Å². The SMILES string of the molecule is Cc1cccc(N2Sc3cnc(Nc4ccc(N5CCN(C)CC5)cc4)nc3-c3ccc(C(=O)O)cc32)c1. The number of rotatable bonds is 5. The lowest BCUT2D eigenvalue weighted by Gasteiger charge is -2.34. The topological polar surface area (TPSA) is 84.8 Å². The third kappa shape index (κ3) is 4.78. The quantitative estimate of drug-likeness (QED) is 0.314. The minimum absolute atomic E-state index is 0.235. The summed E-state index contributed by atoms with van der Waals surface area (Å²) in [6.07, 6.45) is 1.82. The van der Waals surface area contributed by atoms with E-state index in [0.29, 0.717) is 5.95 Å². The Morgan fingerprint density at radius 1 is 0.974 bits per heavy atom. The Morgan fingerprint density at radius 2 is 1.76 bits per heavy atom. The van der Waals surface area contributed by atoms with Crippen molar-refractivity contribution in [2.75, 3.05) is 47.7 Å². The number of hydrogen-bond acceptors (Lipinski definition) is 8. The zero-order valence-corrected chi connectivity index (χ0v) is 22.1. The van der Waals surface area contributed by atoms with Gasteiger partial charge in [0.25, 0.3) is 0 Å². The van der Waals surface area contributed by atoms with Gasteiger partial charge in [0.05, 0.1) is 27.5 Å². The highest BCUT2D eigenvalue weighted by Gasteiger charge is 2.27. The van der Waals surface area contributed by atoms with E-state index in [4.69, 9.17) is 4.98 Å². The predicted octanol–water partition coefficient (Wildman–Crippen LogP) is 5.80. The Kier molecular flexibility index (Phi) is 6.39. The first-order chi connectivity index (χ1) is 18.4. The van der Waals surface area contributed by atoms with Gasteiger partial charge in [0, 0.05) is 49.3 Å². The summed E-state index contributed by atoms with van der Waals surface area (Å²) in [6.45, 7) is 6.23. The molecule has 1 fully saturated rings. The zero-order chi connectivity index (χ0) is 26.2. The van der Waals surface area contributed by atoms with Crippen LogP contribution in [-0.4, -0.2) is 59.2 Å². The van der Waals surface area contributed by atoms with Crippen LogP contribution in [-0.2, 0) is 0 Å². The lowest BCUT2D eigenvalue weighted by atomic mass is 10.0. The fourth-order valence-electron chi connectivity index (χ4n) is 4.77. The minimum atomic E-state index is -0.960. The number of carboxylic acids is 1. The first-order valence-corrected chi connectivity index (χ1v) is 13.3. The van der Waals surface area contributed by atoms with Gasteiger partial charge in [-0.1, -0.05) is 12.1 Å². The van der Waals surface area contributed by atoms with Gasteiger partial charge in [-0.15, -0.1) is 0 Å². The van der Waals surface area contributed by atoms with Gasteiger partial charge in [0.1, 0.15) is 0 Å². The summed E-state index contributed by atoms with van der Waals surface area (Å²) in [5, 5.41) is 13.0.